The zero-order valence-electron chi connectivity index (χ0n) is 15.4. The molecule has 27 heavy (non-hydrogen) atoms. The van der Waals surface area contributed by atoms with Crippen LogP contribution in [0.15, 0.2) is 54.7 Å². The molecule has 1 saturated heterocycles. The molecule has 1 aliphatic rings. The van der Waals surface area contributed by atoms with Crippen molar-refractivity contribution in [1.29, 1.82) is 0 Å². The second kappa shape index (κ2) is 7.76. The van der Waals surface area contributed by atoms with E-state index in [-0.39, 0.29) is 5.91 Å². The lowest BCUT2D eigenvalue weighted by atomic mass is 10.1. The number of nitrogens with zero attached hydrogens (tertiary/aromatic N) is 2. The predicted octanol–water partition coefficient (Wildman–Crippen LogP) is 4.01. The van der Waals surface area contributed by atoms with Gasteiger partial charge < -0.3 is 15.0 Å². The molecule has 0 saturated carbocycles. The van der Waals surface area contributed by atoms with E-state index in [9.17, 15) is 4.79 Å². The van der Waals surface area contributed by atoms with Crippen LogP contribution in [0.5, 0.6) is 0 Å². The minimum atomic E-state index is -0.00645. The second-order valence-corrected chi connectivity index (χ2v) is 6.60. The normalized spacial score (nSPS) is 14.3. The standard InChI is InChI=1S/C22H23N3O2/c1-2-16-7-3-5-9-19(16)24-21-17-8-4-6-10-20(17)23-15-18(21)22(26)25-11-13-27-14-12-25/h3-10,15H,2,11-14H2,1H3,(H,23,24). The molecule has 0 spiro atoms. The zero-order chi connectivity index (χ0) is 18.6. The summed E-state index contributed by atoms with van der Waals surface area (Å²) in [7, 11) is 0. The molecule has 0 radical (unpaired) electrons. The lowest BCUT2D eigenvalue weighted by Gasteiger charge is -2.28. The zero-order valence-corrected chi connectivity index (χ0v) is 15.4. The number of carbonyl (C=O) groups excluding carboxylic acids is 1. The Bertz CT molecular complexity index is 965. The Balaban J connectivity index is 1.81. The topological polar surface area (TPSA) is 54.5 Å². The summed E-state index contributed by atoms with van der Waals surface area (Å²) in [5.41, 5.74) is 4.52. The molecule has 1 fully saturated rings. The third-order valence-corrected chi connectivity index (χ3v) is 4.96. The molecule has 5 nitrogen and oxygen atoms in total. The number of benzene rings is 2. The first-order chi connectivity index (χ1) is 13.3. The van der Waals surface area contributed by atoms with Gasteiger partial charge in [0.15, 0.2) is 0 Å². The van der Waals surface area contributed by atoms with Crippen LogP contribution in [-0.2, 0) is 11.2 Å². The molecule has 1 aromatic heterocycles. The number of amides is 1. The fourth-order valence-electron chi connectivity index (χ4n) is 3.46. The van der Waals surface area contributed by atoms with Crippen LogP contribution in [0.3, 0.4) is 0 Å². The Labute approximate surface area is 159 Å². The van der Waals surface area contributed by atoms with Crippen molar-refractivity contribution in [2.45, 2.75) is 13.3 Å². The van der Waals surface area contributed by atoms with Crippen molar-refractivity contribution < 1.29 is 9.53 Å². The summed E-state index contributed by atoms with van der Waals surface area (Å²) in [6.45, 7) is 4.50. The van der Waals surface area contributed by atoms with Crippen LogP contribution in [0.25, 0.3) is 10.9 Å². The number of aryl methyl sites for hydroxylation is 1. The molecule has 5 heteroatoms. The minimum Gasteiger partial charge on any atom is -0.378 e. The van der Waals surface area contributed by atoms with Crippen LogP contribution in [0.4, 0.5) is 11.4 Å². The van der Waals surface area contributed by atoms with Crippen molar-refractivity contribution in [3.63, 3.8) is 0 Å². The number of hydrogen-bond acceptors (Lipinski definition) is 4. The van der Waals surface area contributed by atoms with Crippen LogP contribution in [0, 0.1) is 0 Å². The summed E-state index contributed by atoms with van der Waals surface area (Å²) >= 11 is 0. The minimum absolute atomic E-state index is 0.00645. The maximum Gasteiger partial charge on any atom is 0.257 e. The number of aromatic nitrogens is 1. The molecule has 3 aromatic rings. The number of fused-ring (bicyclic) bond motifs is 1. The van der Waals surface area contributed by atoms with E-state index in [2.05, 4.69) is 29.4 Å². The predicted molar refractivity (Wildman–Crippen MR) is 108 cm³/mol. The fraction of sp³-hybridized carbons (Fsp3) is 0.273. The first kappa shape index (κ1) is 17.5. The molecule has 1 amide bonds. The molecule has 1 aliphatic heterocycles. The van der Waals surface area contributed by atoms with Gasteiger partial charge in [-0.25, -0.2) is 0 Å². The number of ether oxygens (including phenoxy) is 1. The van der Waals surface area contributed by atoms with Crippen molar-refractivity contribution in [3.8, 4) is 0 Å². The van der Waals surface area contributed by atoms with Gasteiger partial charge in [-0.15, -0.1) is 0 Å². The third kappa shape index (κ3) is 3.51. The van der Waals surface area contributed by atoms with Gasteiger partial charge in [-0.2, -0.15) is 0 Å². The Hall–Kier alpha value is -2.92. The average molecular weight is 361 g/mol. The van der Waals surface area contributed by atoms with Crippen molar-refractivity contribution in [3.05, 3.63) is 65.9 Å². The van der Waals surface area contributed by atoms with E-state index in [1.165, 1.54) is 5.56 Å². The van der Waals surface area contributed by atoms with E-state index < -0.39 is 0 Å². The van der Waals surface area contributed by atoms with Gasteiger partial charge in [0, 0.05) is 30.4 Å². The van der Waals surface area contributed by atoms with Gasteiger partial charge in [0.2, 0.25) is 0 Å². The quantitative estimate of drug-likeness (QED) is 0.763. The van der Waals surface area contributed by atoms with E-state index in [1.54, 1.807) is 6.20 Å². The molecule has 2 aromatic carbocycles. The van der Waals surface area contributed by atoms with E-state index >= 15 is 0 Å². The number of morpholine rings is 1. The van der Waals surface area contributed by atoms with Gasteiger partial charge in [-0.1, -0.05) is 43.3 Å². The summed E-state index contributed by atoms with van der Waals surface area (Å²) < 4.78 is 5.39. The van der Waals surface area contributed by atoms with Crippen molar-refractivity contribution in [2.75, 3.05) is 31.6 Å². The Morgan fingerprint density at radius 3 is 2.67 bits per heavy atom. The molecule has 0 unspecified atom stereocenters. The summed E-state index contributed by atoms with van der Waals surface area (Å²) in [4.78, 5) is 19.6. The van der Waals surface area contributed by atoms with Crippen LogP contribution in [-0.4, -0.2) is 42.1 Å². The summed E-state index contributed by atoms with van der Waals surface area (Å²) in [6.07, 6.45) is 2.61. The number of carbonyl (C=O) groups is 1. The number of anilines is 2. The van der Waals surface area contributed by atoms with Gasteiger partial charge in [-0.05, 0) is 24.1 Å². The Morgan fingerprint density at radius 2 is 1.85 bits per heavy atom. The molecular formula is C22H23N3O2. The first-order valence-corrected chi connectivity index (χ1v) is 9.37. The summed E-state index contributed by atoms with van der Waals surface area (Å²) in [5, 5.41) is 4.48. The van der Waals surface area contributed by atoms with Gasteiger partial charge >= 0.3 is 0 Å². The molecular weight excluding hydrogens is 338 g/mol. The number of nitrogens with one attached hydrogen (secondary N) is 1. The number of hydrogen-bond donors (Lipinski definition) is 1. The average Bonchev–Trinajstić information content (AvgIpc) is 2.74. The highest BCUT2D eigenvalue weighted by molar-refractivity contribution is 6.08. The summed E-state index contributed by atoms with van der Waals surface area (Å²) in [6, 6.07) is 16.1. The first-order valence-electron chi connectivity index (χ1n) is 9.37. The van der Waals surface area contributed by atoms with E-state index in [0.29, 0.717) is 31.9 Å². The lowest BCUT2D eigenvalue weighted by Crippen LogP contribution is -2.41. The molecule has 0 aliphatic carbocycles. The van der Waals surface area contributed by atoms with Crippen LogP contribution in [0.2, 0.25) is 0 Å². The van der Waals surface area contributed by atoms with Crippen LogP contribution in [0.1, 0.15) is 22.8 Å². The maximum absolute atomic E-state index is 13.2. The highest BCUT2D eigenvalue weighted by Gasteiger charge is 2.23. The third-order valence-electron chi connectivity index (χ3n) is 4.96. The number of para-hydroxylation sites is 2. The highest BCUT2D eigenvalue weighted by atomic mass is 16.5. The number of rotatable bonds is 4. The largest absolute Gasteiger partial charge is 0.378 e. The second-order valence-electron chi connectivity index (χ2n) is 6.60. The Morgan fingerprint density at radius 1 is 1.11 bits per heavy atom. The molecule has 1 N–H and O–H groups in total. The SMILES string of the molecule is CCc1ccccc1Nc1c(C(=O)N2CCOCC2)cnc2ccccc12. The van der Waals surface area contributed by atoms with E-state index in [1.807, 2.05) is 41.3 Å². The summed E-state index contributed by atoms with van der Waals surface area (Å²) in [5.74, 6) is -0.00645. The number of pyridine rings is 1. The van der Waals surface area contributed by atoms with Gasteiger partial charge in [0.05, 0.1) is 30.0 Å². The Kier molecular flexibility index (Phi) is 5.03. The van der Waals surface area contributed by atoms with Crippen LogP contribution < -0.4 is 5.32 Å². The molecule has 0 bridgehead atoms. The van der Waals surface area contributed by atoms with Crippen molar-refractivity contribution >= 4 is 28.2 Å². The van der Waals surface area contributed by atoms with E-state index in [0.717, 1.165) is 28.7 Å². The van der Waals surface area contributed by atoms with Crippen molar-refractivity contribution in [2.24, 2.45) is 0 Å². The maximum atomic E-state index is 13.2. The molecule has 4 rings (SSSR count). The highest BCUT2D eigenvalue weighted by Crippen LogP contribution is 2.31. The monoisotopic (exact) mass is 361 g/mol. The molecule has 138 valence electrons. The van der Waals surface area contributed by atoms with Gasteiger partial charge in [0.1, 0.15) is 0 Å². The smallest absolute Gasteiger partial charge is 0.257 e. The van der Waals surface area contributed by atoms with Gasteiger partial charge in [-0.3, -0.25) is 9.78 Å². The van der Waals surface area contributed by atoms with Crippen molar-refractivity contribution in [1.82, 2.24) is 9.88 Å². The van der Waals surface area contributed by atoms with E-state index in [4.69, 9.17) is 4.74 Å². The van der Waals surface area contributed by atoms with Gasteiger partial charge in [0.25, 0.3) is 5.91 Å². The molecule has 2 heterocycles. The van der Waals surface area contributed by atoms with Crippen LogP contribution >= 0.6 is 0 Å². The molecule has 0 atom stereocenters. The fourth-order valence-corrected chi connectivity index (χ4v) is 3.46. The lowest BCUT2D eigenvalue weighted by molar-refractivity contribution is 0.0303.